The van der Waals surface area contributed by atoms with E-state index in [1.807, 2.05) is 44.2 Å². The lowest BCUT2D eigenvalue weighted by molar-refractivity contribution is 0.621. The van der Waals surface area contributed by atoms with Crippen LogP contribution in [0.5, 0.6) is 0 Å². The Balaban J connectivity index is 2.20. The maximum Gasteiger partial charge on any atom is 0.141 e. The molecule has 1 atom stereocenters. The van der Waals surface area contributed by atoms with Crippen molar-refractivity contribution in [2.24, 2.45) is 4.99 Å². The van der Waals surface area contributed by atoms with Gasteiger partial charge in [0.2, 0.25) is 0 Å². The highest BCUT2D eigenvalue weighted by molar-refractivity contribution is 5.97. The van der Waals surface area contributed by atoms with Crippen LogP contribution < -0.4 is 0 Å². The number of pyridine rings is 1. The number of hydrogen-bond acceptors (Lipinski definition) is 2. The van der Waals surface area contributed by atoms with Gasteiger partial charge in [-0.25, -0.2) is 4.39 Å². The van der Waals surface area contributed by atoms with Crippen molar-refractivity contribution < 1.29 is 4.39 Å². The second kappa shape index (κ2) is 5.54. The second-order valence-electron chi connectivity index (χ2n) is 4.16. The number of halogens is 1. The largest absolute Gasteiger partial charge is 0.280 e. The normalized spacial score (nSPS) is 13.4. The van der Waals surface area contributed by atoms with E-state index in [0.717, 1.165) is 11.3 Å². The third-order valence-electron chi connectivity index (χ3n) is 2.77. The molecule has 0 saturated carbocycles. The lowest BCUT2D eigenvalue weighted by atomic mass is 10.1. The van der Waals surface area contributed by atoms with Gasteiger partial charge >= 0.3 is 0 Å². The zero-order valence-electron chi connectivity index (χ0n) is 10.5. The molecular formula is C15H15FN2. The Labute approximate surface area is 106 Å². The third kappa shape index (κ3) is 3.00. The zero-order chi connectivity index (χ0) is 13.0. The molecule has 0 fully saturated rings. The van der Waals surface area contributed by atoms with Crippen molar-refractivity contribution in [3.05, 3.63) is 65.7 Å². The van der Waals surface area contributed by atoms with Gasteiger partial charge in [0.15, 0.2) is 0 Å². The van der Waals surface area contributed by atoms with Crippen LogP contribution in [0, 0.1) is 5.82 Å². The minimum atomic E-state index is -0.331. The monoisotopic (exact) mass is 242 g/mol. The van der Waals surface area contributed by atoms with Crippen molar-refractivity contribution in [1.29, 1.82) is 0 Å². The molecule has 0 aliphatic rings. The summed E-state index contributed by atoms with van der Waals surface area (Å²) in [7, 11) is 0. The van der Waals surface area contributed by atoms with Gasteiger partial charge in [0.05, 0.1) is 23.6 Å². The number of hydrogen-bond donors (Lipinski definition) is 0. The topological polar surface area (TPSA) is 25.2 Å². The number of rotatable bonds is 3. The van der Waals surface area contributed by atoms with Crippen molar-refractivity contribution in [2.75, 3.05) is 0 Å². The first kappa shape index (κ1) is 12.4. The van der Waals surface area contributed by atoms with Crippen LogP contribution in [0.2, 0.25) is 0 Å². The molecule has 2 rings (SSSR count). The Morgan fingerprint density at radius 3 is 2.50 bits per heavy atom. The SMILES string of the molecule is CC(=N[C@@H](C)c1ccccc1)c1ccc(F)cn1. The van der Waals surface area contributed by atoms with Gasteiger partial charge in [-0.05, 0) is 31.5 Å². The summed E-state index contributed by atoms with van der Waals surface area (Å²) in [6.45, 7) is 3.92. The molecule has 0 spiro atoms. The van der Waals surface area contributed by atoms with Crippen LogP contribution in [0.1, 0.15) is 31.1 Å². The summed E-state index contributed by atoms with van der Waals surface area (Å²) in [4.78, 5) is 8.60. The molecule has 0 aliphatic carbocycles. The van der Waals surface area contributed by atoms with Crippen molar-refractivity contribution >= 4 is 5.71 Å². The first-order valence-corrected chi connectivity index (χ1v) is 5.88. The molecule has 1 aromatic heterocycles. The second-order valence-corrected chi connectivity index (χ2v) is 4.16. The van der Waals surface area contributed by atoms with Crippen molar-refractivity contribution in [2.45, 2.75) is 19.9 Å². The van der Waals surface area contributed by atoms with Crippen molar-refractivity contribution in [3.8, 4) is 0 Å². The molecule has 2 nitrogen and oxygen atoms in total. The average Bonchev–Trinajstić information content (AvgIpc) is 2.40. The summed E-state index contributed by atoms with van der Waals surface area (Å²) < 4.78 is 12.8. The highest BCUT2D eigenvalue weighted by Crippen LogP contribution is 2.17. The summed E-state index contributed by atoms with van der Waals surface area (Å²) in [5.74, 6) is -0.331. The molecule has 0 aliphatic heterocycles. The molecule has 2 aromatic rings. The van der Waals surface area contributed by atoms with Gasteiger partial charge in [0.1, 0.15) is 5.82 Å². The summed E-state index contributed by atoms with van der Waals surface area (Å²) in [6.07, 6.45) is 1.21. The molecule has 0 radical (unpaired) electrons. The van der Waals surface area contributed by atoms with Gasteiger partial charge in [-0.15, -0.1) is 0 Å². The van der Waals surface area contributed by atoms with E-state index < -0.39 is 0 Å². The summed E-state index contributed by atoms with van der Waals surface area (Å²) >= 11 is 0. The lowest BCUT2D eigenvalue weighted by Gasteiger charge is -2.08. The van der Waals surface area contributed by atoms with E-state index in [1.165, 1.54) is 12.3 Å². The fourth-order valence-electron chi connectivity index (χ4n) is 1.75. The van der Waals surface area contributed by atoms with Gasteiger partial charge in [0.25, 0.3) is 0 Å². The Kier molecular flexibility index (Phi) is 3.82. The molecule has 1 heterocycles. The predicted molar refractivity (Wildman–Crippen MR) is 71.3 cm³/mol. The van der Waals surface area contributed by atoms with Crippen LogP contribution >= 0.6 is 0 Å². The van der Waals surface area contributed by atoms with Crippen LogP contribution in [0.15, 0.2) is 53.7 Å². The van der Waals surface area contributed by atoms with Gasteiger partial charge in [-0.2, -0.15) is 0 Å². The Hall–Kier alpha value is -2.03. The average molecular weight is 242 g/mol. The fourth-order valence-corrected chi connectivity index (χ4v) is 1.75. The fraction of sp³-hybridized carbons (Fsp3) is 0.200. The van der Waals surface area contributed by atoms with E-state index >= 15 is 0 Å². The maximum atomic E-state index is 12.8. The third-order valence-corrected chi connectivity index (χ3v) is 2.77. The van der Waals surface area contributed by atoms with E-state index in [1.54, 1.807) is 6.07 Å². The first-order chi connectivity index (χ1) is 8.66. The number of aromatic nitrogens is 1. The quantitative estimate of drug-likeness (QED) is 0.752. The molecule has 0 N–H and O–H groups in total. The van der Waals surface area contributed by atoms with Crippen molar-refractivity contribution in [1.82, 2.24) is 4.98 Å². The molecular weight excluding hydrogens is 227 g/mol. The van der Waals surface area contributed by atoms with Crippen LogP contribution in [0.25, 0.3) is 0 Å². The number of aliphatic imine (C=N–C) groups is 1. The Bertz CT molecular complexity index is 532. The van der Waals surface area contributed by atoms with Crippen molar-refractivity contribution in [3.63, 3.8) is 0 Å². The number of nitrogens with zero attached hydrogens (tertiary/aromatic N) is 2. The minimum Gasteiger partial charge on any atom is -0.280 e. The zero-order valence-corrected chi connectivity index (χ0v) is 10.5. The molecule has 3 heteroatoms. The summed E-state index contributed by atoms with van der Waals surface area (Å²) in [5, 5.41) is 0. The predicted octanol–water partition coefficient (Wildman–Crippen LogP) is 3.79. The van der Waals surface area contributed by atoms with E-state index in [9.17, 15) is 4.39 Å². The Morgan fingerprint density at radius 1 is 1.17 bits per heavy atom. The van der Waals surface area contributed by atoms with E-state index in [2.05, 4.69) is 9.98 Å². The molecule has 92 valence electrons. The molecule has 0 bridgehead atoms. The molecule has 0 amide bonds. The molecule has 0 saturated heterocycles. The smallest absolute Gasteiger partial charge is 0.141 e. The lowest BCUT2D eigenvalue weighted by Crippen LogP contribution is -2.01. The van der Waals surface area contributed by atoms with E-state index in [4.69, 9.17) is 0 Å². The molecule has 1 aromatic carbocycles. The molecule has 18 heavy (non-hydrogen) atoms. The molecule has 0 unspecified atom stereocenters. The summed E-state index contributed by atoms with van der Waals surface area (Å²) in [5.41, 5.74) is 2.67. The van der Waals surface area contributed by atoms with E-state index in [-0.39, 0.29) is 11.9 Å². The minimum absolute atomic E-state index is 0.0676. The van der Waals surface area contributed by atoms with E-state index in [0.29, 0.717) is 5.69 Å². The number of benzene rings is 1. The van der Waals surface area contributed by atoms with Crippen LogP contribution in [-0.2, 0) is 0 Å². The highest BCUT2D eigenvalue weighted by Gasteiger charge is 2.05. The van der Waals surface area contributed by atoms with Gasteiger partial charge in [0, 0.05) is 0 Å². The summed E-state index contributed by atoms with van der Waals surface area (Å²) in [6, 6.07) is 13.2. The van der Waals surface area contributed by atoms with Crippen LogP contribution in [0.3, 0.4) is 0 Å². The Morgan fingerprint density at radius 2 is 1.89 bits per heavy atom. The van der Waals surface area contributed by atoms with Gasteiger partial charge in [-0.1, -0.05) is 30.3 Å². The van der Waals surface area contributed by atoms with Gasteiger partial charge in [-0.3, -0.25) is 9.98 Å². The highest BCUT2D eigenvalue weighted by atomic mass is 19.1. The van der Waals surface area contributed by atoms with Gasteiger partial charge < -0.3 is 0 Å². The first-order valence-electron chi connectivity index (χ1n) is 5.88. The van der Waals surface area contributed by atoms with Crippen LogP contribution in [-0.4, -0.2) is 10.7 Å². The van der Waals surface area contributed by atoms with Crippen LogP contribution in [0.4, 0.5) is 4.39 Å². The standard InChI is InChI=1S/C15H15FN2/c1-11(13-6-4-3-5-7-13)18-12(2)15-9-8-14(16)10-17-15/h3-11H,1-2H3/t11-/m0/s1. The maximum absolute atomic E-state index is 12.8.